The minimum absolute atomic E-state index is 0.359. The monoisotopic (exact) mass is 360 g/mol. The first-order valence-electron chi connectivity index (χ1n) is 8.58. The van der Waals surface area contributed by atoms with Crippen LogP contribution in [0.15, 0.2) is 11.4 Å². The molecule has 1 heterocycles. The number of hydrogen-bond donors (Lipinski definition) is 2. The molecular weight excluding hydrogens is 340 g/mol. The molecule has 4 bridgehead atoms. The number of aliphatic hydroxyl groups is 1. The highest BCUT2D eigenvalue weighted by atomic mass is 32.1. The lowest BCUT2D eigenvalue weighted by Gasteiger charge is -2.58. The third-order valence-corrected chi connectivity index (χ3v) is 6.67. The Kier molecular flexibility index (Phi) is 3.85. The van der Waals surface area contributed by atoms with Gasteiger partial charge in [0.25, 0.3) is 5.91 Å². The van der Waals surface area contributed by atoms with E-state index in [9.17, 15) is 14.7 Å². The van der Waals surface area contributed by atoms with Gasteiger partial charge in [0.05, 0.1) is 16.6 Å². The summed E-state index contributed by atoms with van der Waals surface area (Å²) in [6, 6.07) is 3.63. The SMILES string of the molecule is N#Cc1ccsc1NC(=O)COC(=O)C12CC3CC(CC(O)(C3)C1)C2. The molecular formula is C18H20N2O4S. The number of carbonyl (C=O) groups excluding carboxylic acids is 2. The van der Waals surface area contributed by atoms with Crippen LogP contribution in [0.2, 0.25) is 0 Å². The molecule has 25 heavy (non-hydrogen) atoms. The Bertz CT molecular complexity index is 751. The van der Waals surface area contributed by atoms with E-state index in [4.69, 9.17) is 10.00 Å². The minimum Gasteiger partial charge on any atom is -0.455 e. The quantitative estimate of drug-likeness (QED) is 0.804. The zero-order valence-corrected chi connectivity index (χ0v) is 14.6. The summed E-state index contributed by atoms with van der Waals surface area (Å²) in [5.74, 6) is -0.0357. The van der Waals surface area contributed by atoms with Crippen LogP contribution in [0.5, 0.6) is 0 Å². The molecule has 4 aliphatic rings. The average molecular weight is 360 g/mol. The maximum absolute atomic E-state index is 12.7. The van der Waals surface area contributed by atoms with Gasteiger partial charge in [-0.3, -0.25) is 9.59 Å². The number of ether oxygens (including phenoxy) is 1. The number of hydrogen-bond acceptors (Lipinski definition) is 6. The van der Waals surface area contributed by atoms with Crippen LogP contribution < -0.4 is 5.32 Å². The summed E-state index contributed by atoms with van der Waals surface area (Å²) in [5, 5.41) is 24.5. The Labute approximate surface area is 149 Å². The summed E-state index contributed by atoms with van der Waals surface area (Å²) in [6.45, 7) is -0.364. The van der Waals surface area contributed by atoms with Crippen molar-refractivity contribution in [3.05, 3.63) is 17.0 Å². The smallest absolute Gasteiger partial charge is 0.312 e. The van der Waals surface area contributed by atoms with Gasteiger partial charge in [-0.05, 0) is 61.8 Å². The summed E-state index contributed by atoms with van der Waals surface area (Å²) in [6.07, 6.45) is 4.64. The predicted octanol–water partition coefficient (Wildman–Crippen LogP) is 2.43. The molecule has 2 unspecified atom stereocenters. The van der Waals surface area contributed by atoms with Crippen LogP contribution in [-0.4, -0.2) is 29.2 Å². The maximum atomic E-state index is 12.7. The molecule has 1 aromatic rings. The van der Waals surface area contributed by atoms with Gasteiger partial charge in [0.15, 0.2) is 6.61 Å². The molecule has 0 saturated heterocycles. The van der Waals surface area contributed by atoms with Crippen LogP contribution in [0, 0.1) is 28.6 Å². The highest BCUT2D eigenvalue weighted by Gasteiger charge is 2.60. The van der Waals surface area contributed by atoms with Gasteiger partial charge in [0.1, 0.15) is 11.1 Å². The van der Waals surface area contributed by atoms with Crippen LogP contribution in [0.4, 0.5) is 5.00 Å². The zero-order valence-electron chi connectivity index (χ0n) is 13.8. The molecule has 0 aromatic carbocycles. The first-order valence-corrected chi connectivity index (χ1v) is 9.46. The highest BCUT2D eigenvalue weighted by molar-refractivity contribution is 7.14. The van der Waals surface area contributed by atoms with Crippen LogP contribution >= 0.6 is 11.3 Å². The lowest BCUT2D eigenvalue weighted by atomic mass is 9.48. The van der Waals surface area contributed by atoms with E-state index < -0.39 is 16.9 Å². The molecule has 2 N–H and O–H groups in total. The summed E-state index contributed by atoms with van der Waals surface area (Å²) >= 11 is 1.26. The molecule has 4 aliphatic carbocycles. The second-order valence-corrected chi connectivity index (χ2v) is 8.78. The van der Waals surface area contributed by atoms with E-state index in [-0.39, 0.29) is 12.6 Å². The topological polar surface area (TPSA) is 99.4 Å². The predicted molar refractivity (Wildman–Crippen MR) is 90.7 cm³/mol. The summed E-state index contributed by atoms with van der Waals surface area (Å²) < 4.78 is 5.32. The second-order valence-electron chi connectivity index (χ2n) is 7.87. The fraction of sp³-hybridized carbons (Fsp3) is 0.611. The van der Waals surface area contributed by atoms with E-state index in [1.165, 1.54) is 11.3 Å². The van der Waals surface area contributed by atoms with Crippen molar-refractivity contribution in [1.82, 2.24) is 0 Å². The van der Waals surface area contributed by atoms with Gasteiger partial charge in [0, 0.05) is 0 Å². The first-order chi connectivity index (χ1) is 11.9. The van der Waals surface area contributed by atoms with E-state index in [0.717, 1.165) is 32.1 Å². The van der Waals surface area contributed by atoms with Gasteiger partial charge < -0.3 is 15.2 Å². The van der Waals surface area contributed by atoms with Crippen LogP contribution in [0.25, 0.3) is 0 Å². The van der Waals surface area contributed by atoms with Crippen molar-refractivity contribution in [2.75, 3.05) is 11.9 Å². The molecule has 132 valence electrons. The molecule has 0 spiro atoms. The zero-order chi connectivity index (χ0) is 17.7. The van der Waals surface area contributed by atoms with Crippen molar-refractivity contribution in [3.8, 4) is 6.07 Å². The fourth-order valence-corrected chi connectivity index (χ4v) is 6.15. The number of anilines is 1. The fourth-order valence-electron chi connectivity index (χ4n) is 5.39. The third-order valence-electron chi connectivity index (χ3n) is 5.84. The number of nitriles is 1. The van der Waals surface area contributed by atoms with Crippen LogP contribution in [0.3, 0.4) is 0 Å². The highest BCUT2D eigenvalue weighted by Crippen LogP contribution is 2.61. The number of amides is 1. The van der Waals surface area contributed by atoms with Crippen molar-refractivity contribution in [1.29, 1.82) is 5.26 Å². The molecule has 6 nitrogen and oxygen atoms in total. The summed E-state index contributed by atoms with van der Waals surface area (Å²) in [5.41, 5.74) is -0.961. The lowest BCUT2D eigenvalue weighted by Crippen LogP contribution is -2.58. The number of carbonyl (C=O) groups is 2. The van der Waals surface area contributed by atoms with Crippen molar-refractivity contribution in [3.63, 3.8) is 0 Å². The summed E-state index contributed by atoms with van der Waals surface area (Å²) in [4.78, 5) is 24.7. The Balaban J connectivity index is 1.38. The minimum atomic E-state index is -0.732. The van der Waals surface area contributed by atoms with Crippen molar-refractivity contribution in [2.24, 2.45) is 17.3 Å². The molecule has 0 aliphatic heterocycles. The number of nitrogens with zero attached hydrogens (tertiary/aromatic N) is 1. The van der Waals surface area contributed by atoms with Gasteiger partial charge in [-0.1, -0.05) is 0 Å². The molecule has 5 rings (SSSR count). The Morgan fingerprint density at radius 1 is 1.36 bits per heavy atom. The van der Waals surface area contributed by atoms with Gasteiger partial charge >= 0.3 is 5.97 Å². The molecule has 4 fully saturated rings. The van der Waals surface area contributed by atoms with Gasteiger partial charge in [-0.15, -0.1) is 11.3 Å². The van der Waals surface area contributed by atoms with Crippen molar-refractivity contribution in [2.45, 2.75) is 44.1 Å². The molecule has 4 saturated carbocycles. The van der Waals surface area contributed by atoms with Gasteiger partial charge in [0.2, 0.25) is 0 Å². The van der Waals surface area contributed by atoms with Crippen molar-refractivity contribution >= 4 is 28.2 Å². The van der Waals surface area contributed by atoms with E-state index in [1.54, 1.807) is 11.4 Å². The largest absolute Gasteiger partial charge is 0.455 e. The van der Waals surface area contributed by atoms with E-state index >= 15 is 0 Å². The molecule has 0 radical (unpaired) electrons. The summed E-state index contributed by atoms with van der Waals surface area (Å²) in [7, 11) is 0. The van der Waals surface area contributed by atoms with Gasteiger partial charge in [-0.25, -0.2) is 0 Å². The lowest BCUT2D eigenvalue weighted by molar-refractivity contribution is -0.196. The number of thiophene rings is 1. The standard InChI is InChI=1S/C18H20N2O4S/c19-8-13-1-2-25-15(13)20-14(21)9-24-16(22)17-4-11-3-12(5-17)7-18(23,6-11)10-17/h1-2,11-12,23H,3-7,9-10H2,(H,20,21). The molecule has 2 atom stereocenters. The molecule has 7 heteroatoms. The number of esters is 1. The third kappa shape index (κ3) is 2.94. The average Bonchev–Trinajstić information content (AvgIpc) is 2.97. The van der Waals surface area contributed by atoms with Crippen LogP contribution in [0.1, 0.15) is 44.1 Å². The molecule has 1 aromatic heterocycles. The maximum Gasteiger partial charge on any atom is 0.312 e. The van der Waals surface area contributed by atoms with Crippen molar-refractivity contribution < 1.29 is 19.4 Å². The van der Waals surface area contributed by atoms with E-state index in [1.807, 2.05) is 6.07 Å². The normalized spacial score (nSPS) is 35.2. The Morgan fingerprint density at radius 2 is 2.08 bits per heavy atom. The number of rotatable bonds is 4. The first kappa shape index (κ1) is 16.6. The molecule has 1 amide bonds. The second kappa shape index (κ2) is 5.82. The Hall–Kier alpha value is -1.91. The number of nitrogens with one attached hydrogen (secondary N) is 1. The van der Waals surface area contributed by atoms with Crippen LogP contribution in [-0.2, 0) is 14.3 Å². The van der Waals surface area contributed by atoms with E-state index in [2.05, 4.69) is 5.32 Å². The van der Waals surface area contributed by atoms with E-state index in [0.29, 0.717) is 28.8 Å². The Morgan fingerprint density at radius 3 is 2.72 bits per heavy atom. The van der Waals surface area contributed by atoms with Gasteiger partial charge in [-0.2, -0.15) is 5.26 Å².